The molecule has 5 heteroatoms. The zero-order valence-electron chi connectivity index (χ0n) is 11.9. The highest BCUT2D eigenvalue weighted by molar-refractivity contribution is 5.86. The van der Waals surface area contributed by atoms with Crippen molar-refractivity contribution in [3.8, 4) is 0 Å². The Bertz CT molecular complexity index is 263. The van der Waals surface area contributed by atoms with Crippen LogP contribution in [0.5, 0.6) is 0 Å². The molecule has 5 nitrogen and oxygen atoms in total. The molecule has 1 fully saturated rings. The van der Waals surface area contributed by atoms with Gasteiger partial charge >= 0.3 is 0 Å². The lowest BCUT2D eigenvalue weighted by atomic mass is 9.99. The van der Waals surface area contributed by atoms with Crippen LogP contribution in [0.25, 0.3) is 0 Å². The topological polar surface area (TPSA) is 67.6 Å². The molecule has 0 bridgehead atoms. The van der Waals surface area contributed by atoms with Gasteiger partial charge < -0.3 is 20.7 Å². The fourth-order valence-electron chi connectivity index (χ4n) is 1.88. The number of unbranched alkanes of at least 4 members (excludes halogenated alkanes) is 1. The summed E-state index contributed by atoms with van der Waals surface area (Å²) >= 11 is 0. The lowest BCUT2D eigenvalue weighted by Crippen LogP contribution is -2.54. The number of nitrogens with two attached hydrogens (primary N) is 1. The summed E-state index contributed by atoms with van der Waals surface area (Å²) in [6, 6.07) is 0.572. The van der Waals surface area contributed by atoms with E-state index in [1.807, 2.05) is 0 Å². The van der Waals surface area contributed by atoms with Crippen molar-refractivity contribution in [3.63, 3.8) is 0 Å². The third-order valence-electron chi connectivity index (χ3n) is 3.61. The van der Waals surface area contributed by atoms with Crippen LogP contribution in [-0.2, 0) is 9.53 Å². The highest BCUT2D eigenvalue weighted by atomic mass is 16.5. The Morgan fingerprint density at radius 3 is 2.78 bits per heavy atom. The van der Waals surface area contributed by atoms with E-state index >= 15 is 0 Å². The zero-order chi connectivity index (χ0) is 13.6. The Hall–Kier alpha value is -0.650. The van der Waals surface area contributed by atoms with Gasteiger partial charge in [0.25, 0.3) is 0 Å². The van der Waals surface area contributed by atoms with Crippen molar-refractivity contribution in [1.29, 1.82) is 0 Å². The minimum Gasteiger partial charge on any atom is -0.379 e. The number of carbonyl (C=O) groups excluding carboxylic acids is 1. The van der Waals surface area contributed by atoms with E-state index < -0.39 is 5.54 Å². The van der Waals surface area contributed by atoms with Crippen LogP contribution in [0.1, 0.15) is 33.1 Å². The summed E-state index contributed by atoms with van der Waals surface area (Å²) in [6.07, 6.45) is 2.69. The highest BCUT2D eigenvalue weighted by Gasteiger charge is 2.37. The van der Waals surface area contributed by atoms with E-state index in [2.05, 4.69) is 31.1 Å². The molecule has 18 heavy (non-hydrogen) atoms. The Morgan fingerprint density at radius 1 is 1.50 bits per heavy atom. The smallest absolute Gasteiger partial charge is 0.242 e. The van der Waals surface area contributed by atoms with Crippen molar-refractivity contribution < 1.29 is 9.53 Å². The van der Waals surface area contributed by atoms with Crippen molar-refractivity contribution >= 4 is 5.91 Å². The van der Waals surface area contributed by atoms with Crippen LogP contribution < -0.4 is 11.1 Å². The number of carbonyl (C=O) groups is 1. The van der Waals surface area contributed by atoms with E-state index in [1.54, 1.807) is 0 Å². The summed E-state index contributed by atoms with van der Waals surface area (Å²) in [5.74, 6) is -0.0720. The molecule has 0 aliphatic carbocycles. The minimum absolute atomic E-state index is 0.0720. The van der Waals surface area contributed by atoms with Crippen LogP contribution in [0.2, 0.25) is 0 Å². The third-order valence-corrected chi connectivity index (χ3v) is 3.61. The van der Waals surface area contributed by atoms with Gasteiger partial charge in [0, 0.05) is 19.2 Å². The number of ether oxygens (including phenoxy) is 1. The maximum atomic E-state index is 11.8. The standard InChI is InChI=1S/C13H27N3O2/c1-11(2)16(3)8-5-4-7-15-12(17)13(14)6-9-18-10-13/h11H,4-10,14H2,1-3H3,(H,15,17). The SMILES string of the molecule is CC(C)N(C)CCCCNC(=O)C1(N)CCOC1. The second-order valence-electron chi connectivity index (χ2n) is 5.50. The van der Waals surface area contributed by atoms with E-state index in [4.69, 9.17) is 10.5 Å². The van der Waals surface area contributed by atoms with Gasteiger partial charge in [-0.25, -0.2) is 0 Å². The maximum Gasteiger partial charge on any atom is 0.242 e. The van der Waals surface area contributed by atoms with Gasteiger partial charge in [-0.3, -0.25) is 4.79 Å². The fraction of sp³-hybridized carbons (Fsp3) is 0.923. The molecule has 0 spiro atoms. The molecule has 1 amide bonds. The molecular formula is C13H27N3O2. The van der Waals surface area contributed by atoms with Crippen LogP contribution >= 0.6 is 0 Å². The summed E-state index contributed by atoms with van der Waals surface area (Å²) in [7, 11) is 2.12. The quantitative estimate of drug-likeness (QED) is 0.645. The van der Waals surface area contributed by atoms with Gasteiger partial charge in [-0.15, -0.1) is 0 Å². The van der Waals surface area contributed by atoms with E-state index in [0.29, 0.717) is 32.2 Å². The molecule has 0 aromatic carbocycles. The summed E-state index contributed by atoms with van der Waals surface area (Å²) < 4.78 is 5.17. The van der Waals surface area contributed by atoms with Crippen molar-refractivity contribution in [2.45, 2.75) is 44.7 Å². The second-order valence-corrected chi connectivity index (χ2v) is 5.50. The van der Waals surface area contributed by atoms with E-state index in [9.17, 15) is 4.79 Å². The summed E-state index contributed by atoms with van der Waals surface area (Å²) in [4.78, 5) is 14.1. The number of rotatable bonds is 7. The monoisotopic (exact) mass is 257 g/mol. The second kappa shape index (κ2) is 7.07. The third kappa shape index (κ3) is 4.55. The lowest BCUT2D eigenvalue weighted by molar-refractivity contribution is -0.126. The van der Waals surface area contributed by atoms with Gasteiger partial charge in [-0.2, -0.15) is 0 Å². The minimum atomic E-state index is -0.797. The Balaban J connectivity index is 2.09. The van der Waals surface area contributed by atoms with Crippen LogP contribution in [0.15, 0.2) is 0 Å². The number of nitrogens with one attached hydrogen (secondary N) is 1. The predicted octanol–water partition coefficient (Wildman–Crippen LogP) is 0.341. The molecule has 1 saturated heterocycles. The molecule has 0 aromatic heterocycles. The average Bonchev–Trinajstić information content (AvgIpc) is 2.76. The number of nitrogens with zero attached hydrogens (tertiary/aromatic N) is 1. The van der Waals surface area contributed by atoms with Crippen molar-refractivity contribution in [2.24, 2.45) is 5.73 Å². The van der Waals surface area contributed by atoms with Crippen LogP contribution in [0, 0.1) is 0 Å². The molecule has 1 atom stereocenters. The first kappa shape index (κ1) is 15.4. The number of hydrogen-bond acceptors (Lipinski definition) is 4. The molecule has 3 N–H and O–H groups in total. The molecule has 1 unspecified atom stereocenters. The first-order chi connectivity index (χ1) is 8.46. The van der Waals surface area contributed by atoms with Crippen molar-refractivity contribution in [1.82, 2.24) is 10.2 Å². The first-order valence-corrected chi connectivity index (χ1v) is 6.81. The summed E-state index contributed by atoms with van der Waals surface area (Å²) in [5.41, 5.74) is 5.16. The Morgan fingerprint density at radius 2 is 2.22 bits per heavy atom. The molecule has 0 aromatic rings. The molecule has 106 valence electrons. The molecule has 1 rings (SSSR count). The van der Waals surface area contributed by atoms with Gasteiger partial charge in [0.1, 0.15) is 5.54 Å². The number of hydrogen-bond donors (Lipinski definition) is 2. The van der Waals surface area contributed by atoms with Crippen molar-refractivity contribution in [2.75, 3.05) is 33.4 Å². The van der Waals surface area contributed by atoms with E-state index in [0.717, 1.165) is 19.4 Å². The largest absolute Gasteiger partial charge is 0.379 e. The van der Waals surface area contributed by atoms with E-state index in [1.165, 1.54) is 0 Å². The highest BCUT2D eigenvalue weighted by Crippen LogP contribution is 2.15. The lowest BCUT2D eigenvalue weighted by Gasteiger charge is -2.22. The molecule has 1 heterocycles. The van der Waals surface area contributed by atoms with Gasteiger partial charge in [0.05, 0.1) is 6.61 Å². The van der Waals surface area contributed by atoms with Crippen molar-refractivity contribution in [3.05, 3.63) is 0 Å². The van der Waals surface area contributed by atoms with Crippen LogP contribution in [-0.4, -0.2) is 55.7 Å². The summed E-state index contributed by atoms with van der Waals surface area (Å²) in [5, 5.41) is 2.91. The molecule has 0 radical (unpaired) electrons. The fourth-order valence-corrected chi connectivity index (χ4v) is 1.88. The van der Waals surface area contributed by atoms with Gasteiger partial charge in [-0.1, -0.05) is 0 Å². The predicted molar refractivity (Wildman–Crippen MR) is 72.4 cm³/mol. The molecule has 1 aliphatic rings. The van der Waals surface area contributed by atoms with Crippen LogP contribution in [0.3, 0.4) is 0 Å². The van der Waals surface area contributed by atoms with Gasteiger partial charge in [0.2, 0.25) is 5.91 Å². The summed E-state index contributed by atoms with van der Waals surface area (Å²) in [6.45, 7) is 7.05. The van der Waals surface area contributed by atoms with Gasteiger partial charge in [0.15, 0.2) is 0 Å². The first-order valence-electron chi connectivity index (χ1n) is 6.81. The Labute approximate surface area is 110 Å². The Kier molecular flexibility index (Phi) is 6.05. The van der Waals surface area contributed by atoms with Gasteiger partial charge in [-0.05, 0) is 46.7 Å². The van der Waals surface area contributed by atoms with Crippen LogP contribution in [0.4, 0.5) is 0 Å². The number of amides is 1. The maximum absolute atomic E-state index is 11.8. The van der Waals surface area contributed by atoms with E-state index in [-0.39, 0.29) is 5.91 Å². The average molecular weight is 257 g/mol. The molecular weight excluding hydrogens is 230 g/mol. The molecule has 0 saturated carbocycles. The normalized spacial score (nSPS) is 23.9. The molecule has 1 aliphatic heterocycles. The zero-order valence-corrected chi connectivity index (χ0v) is 11.9.